The van der Waals surface area contributed by atoms with Gasteiger partial charge in [0.25, 0.3) is 11.5 Å². The summed E-state index contributed by atoms with van der Waals surface area (Å²) in [4.78, 5) is 47.0. The van der Waals surface area contributed by atoms with Crippen LogP contribution >= 0.6 is 0 Å². The molecule has 150 valence electrons. The van der Waals surface area contributed by atoms with Gasteiger partial charge in [0.05, 0.1) is 22.9 Å². The average Bonchev–Trinajstić information content (AvgIpc) is 3.18. The van der Waals surface area contributed by atoms with Crippen LogP contribution < -0.4 is 10.5 Å². The summed E-state index contributed by atoms with van der Waals surface area (Å²) in [7, 11) is 0. The van der Waals surface area contributed by atoms with Crippen LogP contribution in [0.3, 0.4) is 0 Å². The summed E-state index contributed by atoms with van der Waals surface area (Å²) in [5, 5.41) is 12.2. The molecule has 30 heavy (non-hydrogen) atoms. The van der Waals surface area contributed by atoms with Crippen molar-refractivity contribution >= 4 is 28.4 Å². The lowest BCUT2D eigenvalue weighted by atomic mass is 9.82. The van der Waals surface area contributed by atoms with E-state index in [1.807, 2.05) is 0 Å². The number of aromatic nitrogens is 2. The second kappa shape index (κ2) is 5.54. The Balaban J connectivity index is 1.57. The standard InChI is InChI=1S/C22H18N4O4/c1-12-18(27)26-16-9-5-3-7-14(16)22(30)10-17(20(29)25(12)21(22)26)24-11-23-15-8-4-2-6-13(15)19(24)28/h2-9,11-12,17,21,30H,10H2,1H3/t12-,17-,21+,22+/m0/s1. The van der Waals surface area contributed by atoms with Crippen LogP contribution in [-0.2, 0) is 15.2 Å². The van der Waals surface area contributed by atoms with Gasteiger partial charge in [0, 0.05) is 12.0 Å². The zero-order valence-electron chi connectivity index (χ0n) is 16.1. The number of amides is 2. The number of carbonyl (C=O) groups excluding carboxylic acids is 2. The van der Waals surface area contributed by atoms with Gasteiger partial charge in [-0.15, -0.1) is 0 Å². The molecular formula is C22H18N4O4. The molecule has 8 heteroatoms. The van der Waals surface area contributed by atoms with Crippen molar-refractivity contribution in [3.63, 3.8) is 0 Å². The van der Waals surface area contributed by atoms with E-state index < -0.39 is 23.9 Å². The summed E-state index contributed by atoms with van der Waals surface area (Å²) < 4.78 is 1.29. The Labute approximate surface area is 171 Å². The second-order valence-electron chi connectivity index (χ2n) is 8.14. The number of carbonyl (C=O) groups is 2. The minimum Gasteiger partial charge on any atom is -0.381 e. The van der Waals surface area contributed by atoms with Gasteiger partial charge >= 0.3 is 0 Å². The highest BCUT2D eigenvalue weighted by atomic mass is 16.3. The maximum Gasteiger partial charge on any atom is 0.261 e. The molecule has 1 N–H and O–H groups in total. The summed E-state index contributed by atoms with van der Waals surface area (Å²) in [6.07, 6.45) is 0.545. The van der Waals surface area contributed by atoms with E-state index in [9.17, 15) is 19.5 Å². The molecule has 4 atom stereocenters. The van der Waals surface area contributed by atoms with Gasteiger partial charge in [-0.1, -0.05) is 30.3 Å². The van der Waals surface area contributed by atoms with Gasteiger partial charge in [0.2, 0.25) is 5.91 Å². The lowest BCUT2D eigenvalue weighted by Gasteiger charge is -2.44. The van der Waals surface area contributed by atoms with Gasteiger partial charge < -0.3 is 10.0 Å². The van der Waals surface area contributed by atoms with E-state index >= 15 is 0 Å². The van der Waals surface area contributed by atoms with Crippen LogP contribution in [0.2, 0.25) is 0 Å². The Kier molecular flexibility index (Phi) is 3.21. The lowest BCUT2D eigenvalue weighted by molar-refractivity contribution is -0.158. The van der Waals surface area contributed by atoms with Gasteiger partial charge in [0.1, 0.15) is 23.9 Å². The number of para-hydroxylation sites is 2. The smallest absolute Gasteiger partial charge is 0.261 e. The minimum atomic E-state index is -1.47. The zero-order chi connectivity index (χ0) is 20.8. The average molecular weight is 402 g/mol. The number of fused-ring (bicyclic) bond motifs is 4. The highest BCUT2D eigenvalue weighted by Gasteiger charge is 2.66. The first-order valence-corrected chi connectivity index (χ1v) is 9.86. The monoisotopic (exact) mass is 402 g/mol. The molecule has 2 saturated heterocycles. The maximum atomic E-state index is 13.5. The van der Waals surface area contributed by atoms with Crippen molar-refractivity contribution < 1.29 is 14.7 Å². The number of hydrogen-bond acceptors (Lipinski definition) is 5. The van der Waals surface area contributed by atoms with Crippen molar-refractivity contribution in [2.75, 3.05) is 4.90 Å². The molecule has 3 aromatic rings. The SMILES string of the molecule is C[C@H]1C(=O)N2c3ccccc3[C@]3(O)C[C@H](n4cnc5ccccc5c4=O)C(=O)N1[C@H]23. The predicted octanol–water partition coefficient (Wildman–Crippen LogP) is 1.13. The molecule has 3 aliphatic heterocycles. The molecule has 8 nitrogen and oxygen atoms in total. The number of anilines is 1. The molecule has 0 spiro atoms. The second-order valence-corrected chi connectivity index (χ2v) is 8.14. The van der Waals surface area contributed by atoms with E-state index in [2.05, 4.69) is 4.98 Å². The van der Waals surface area contributed by atoms with Crippen LogP contribution in [0.15, 0.2) is 59.7 Å². The maximum absolute atomic E-state index is 13.5. The van der Waals surface area contributed by atoms with Crippen LogP contribution in [0.4, 0.5) is 5.69 Å². The number of hydrogen-bond donors (Lipinski definition) is 1. The Hall–Kier alpha value is -3.52. The third kappa shape index (κ3) is 1.89. The Morgan fingerprint density at radius 3 is 2.60 bits per heavy atom. The van der Waals surface area contributed by atoms with Gasteiger partial charge in [-0.25, -0.2) is 4.98 Å². The summed E-state index contributed by atoms with van der Waals surface area (Å²) in [5.74, 6) is -0.596. The van der Waals surface area contributed by atoms with Crippen LogP contribution in [0, 0.1) is 0 Å². The van der Waals surface area contributed by atoms with E-state index in [-0.39, 0.29) is 23.8 Å². The fraction of sp³-hybridized carbons (Fsp3) is 0.273. The largest absolute Gasteiger partial charge is 0.381 e. The molecule has 0 radical (unpaired) electrons. The van der Waals surface area contributed by atoms with Crippen LogP contribution in [0.5, 0.6) is 0 Å². The number of benzene rings is 2. The highest BCUT2D eigenvalue weighted by molar-refractivity contribution is 6.06. The Morgan fingerprint density at radius 1 is 1.03 bits per heavy atom. The number of piperidine rings is 1. The normalized spacial score (nSPS) is 29.5. The van der Waals surface area contributed by atoms with Crippen molar-refractivity contribution in [2.45, 2.75) is 37.2 Å². The van der Waals surface area contributed by atoms with Crippen molar-refractivity contribution in [2.24, 2.45) is 0 Å². The molecule has 2 amide bonds. The molecule has 0 saturated carbocycles. The minimum absolute atomic E-state index is 0.0135. The molecule has 2 aromatic carbocycles. The first-order valence-electron chi connectivity index (χ1n) is 9.86. The van der Waals surface area contributed by atoms with Crippen molar-refractivity contribution in [1.29, 1.82) is 0 Å². The molecule has 2 fully saturated rings. The molecule has 0 unspecified atom stereocenters. The van der Waals surface area contributed by atoms with Gasteiger partial charge in [0.15, 0.2) is 0 Å². The van der Waals surface area contributed by atoms with E-state index in [0.717, 1.165) is 0 Å². The van der Waals surface area contributed by atoms with E-state index in [1.54, 1.807) is 55.5 Å². The van der Waals surface area contributed by atoms with Crippen molar-refractivity contribution in [3.8, 4) is 0 Å². The molecule has 4 heterocycles. The number of nitrogens with zero attached hydrogens (tertiary/aromatic N) is 4. The molecule has 0 bridgehead atoms. The quantitative estimate of drug-likeness (QED) is 0.658. The highest BCUT2D eigenvalue weighted by Crippen LogP contribution is 2.55. The first kappa shape index (κ1) is 17.3. The van der Waals surface area contributed by atoms with E-state index in [1.165, 1.54) is 20.7 Å². The van der Waals surface area contributed by atoms with Crippen LogP contribution in [0.1, 0.15) is 24.9 Å². The van der Waals surface area contributed by atoms with Crippen molar-refractivity contribution in [1.82, 2.24) is 14.5 Å². The summed E-state index contributed by atoms with van der Waals surface area (Å²) >= 11 is 0. The molecule has 3 aliphatic rings. The topological polar surface area (TPSA) is 95.7 Å². The van der Waals surface area contributed by atoms with Crippen LogP contribution in [0.25, 0.3) is 10.9 Å². The Bertz CT molecular complexity index is 1320. The van der Waals surface area contributed by atoms with Gasteiger partial charge in [-0.3, -0.25) is 23.9 Å². The van der Waals surface area contributed by atoms with Gasteiger partial charge in [-0.2, -0.15) is 0 Å². The summed E-state index contributed by atoms with van der Waals surface area (Å²) in [6.45, 7) is 1.66. The molecule has 6 rings (SSSR count). The lowest BCUT2D eigenvalue weighted by Crippen LogP contribution is -2.61. The van der Waals surface area contributed by atoms with Crippen LogP contribution in [-0.4, -0.2) is 43.6 Å². The third-order valence-corrected chi connectivity index (χ3v) is 6.65. The zero-order valence-corrected chi connectivity index (χ0v) is 16.1. The number of aliphatic hydroxyl groups is 1. The molecular weight excluding hydrogens is 384 g/mol. The summed E-state index contributed by atoms with van der Waals surface area (Å²) in [5.41, 5.74) is -0.0647. The predicted molar refractivity (Wildman–Crippen MR) is 108 cm³/mol. The van der Waals surface area contributed by atoms with Gasteiger partial charge in [-0.05, 0) is 25.1 Å². The third-order valence-electron chi connectivity index (χ3n) is 6.65. The molecule has 0 aliphatic carbocycles. The number of rotatable bonds is 1. The fourth-order valence-electron chi connectivity index (χ4n) is 5.26. The van der Waals surface area contributed by atoms with E-state index in [0.29, 0.717) is 22.2 Å². The van der Waals surface area contributed by atoms with E-state index in [4.69, 9.17) is 0 Å². The fourth-order valence-corrected chi connectivity index (χ4v) is 5.26. The summed E-state index contributed by atoms with van der Waals surface area (Å²) in [6, 6.07) is 12.4. The molecule has 1 aromatic heterocycles. The first-order chi connectivity index (χ1) is 14.4. The Morgan fingerprint density at radius 2 is 1.77 bits per heavy atom. The van der Waals surface area contributed by atoms with Crippen molar-refractivity contribution in [3.05, 3.63) is 70.8 Å².